The van der Waals surface area contributed by atoms with Gasteiger partial charge in [0.25, 0.3) is 5.91 Å². The first-order valence-electron chi connectivity index (χ1n) is 8.23. The lowest BCUT2D eigenvalue weighted by atomic mass is 10.1. The number of benzene rings is 3. The molecule has 3 aromatic carbocycles. The van der Waals surface area contributed by atoms with Gasteiger partial charge in [0.2, 0.25) is 5.89 Å². The van der Waals surface area contributed by atoms with Crippen LogP contribution in [0.2, 0.25) is 5.02 Å². The van der Waals surface area contributed by atoms with Crippen molar-refractivity contribution in [3.63, 3.8) is 0 Å². The van der Waals surface area contributed by atoms with Crippen LogP contribution in [0, 0.1) is 10.5 Å². The molecule has 1 N–H and O–H groups in total. The molecule has 4 aromatic rings. The summed E-state index contributed by atoms with van der Waals surface area (Å²) >= 11 is 8.23. The van der Waals surface area contributed by atoms with Crippen molar-refractivity contribution < 1.29 is 9.21 Å². The summed E-state index contributed by atoms with van der Waals surface area (Å²) in [5, 5.41) is 3.58. The van der Waals surface area contributed by atoms with Gasteiger partial charge < -0.3 is 9.73 Å². The molecule has 0 aliphatic rings. The Balaban J connectivity index is 1.66. The Hall–Kier alpha value is -2.38. The number of oxazole rings is 1. The number of hydrogen-bond donors (Lipinski definition) is 1. The van der Waals surface area contributed by atoms with Crippen LogP contribution in [0.5, 0.6) is 0 Å². The number of rotatable bonds is 3. The predicted octanol–water partition coefficient (Wildman–Crippen LogP) is 6.31. The van der Waals surface area contributed by atoms with Gasteiger partial charge in [-0.2, -0.15) is 0 Å². The van der Waals surface area contributed by atoms with Crippen molar-refractivity contribution in [3.8, 4) is 11.5 Å². The number of carbonyl (C=O) groups is 1. The van der Waals surface area contributed by atoms with E-state index in [1.54, 1.807) is 30.3 Å². The van der Waals surface area contributed by atoms with Crippen molar-refractivity contribution in [2.75, 3.05) is 5.32 Å². The number of aryl methyl sites for hydroxylation is 1. The summed E-state index contributed by atoms with van der Waals surface area (Å²) < 4.78 is 6.91. The minimum atomic E-state index is -0.156. The Morgan fingerprint density at radius 1 is 1.07 bits per heavy atom. The van der Waals surface area contributed by atoms with Crippen LogP contribution in [0.15, 0.2) is 65.1 Å². The molecule has 0 fully saturated rings. The monoisotopic (exact) mass is 488 g/mol. The number of fused-ring (bicyclic) bond motifs is 1. The van der Waals surface area contributed by atoms with Crippen molar-refractivity contribution >= 4 is 56.9 Å². The molecule has 0 atom stereocenters. The first kappa shape index (κ1) is 18.0. The smallest absolute Gasteiger partial charge is 0.255 e. The number of hydrogen-bond acceptors (Lipinski definition) is 3. The Morgan fingerprint density at radius 2 is 1.85 bits per heavy atom. The van der Waals surface area contributed by atoms with E-state index in [1.165, 1.54) is 0 Å². The number of nitrogens with one attached hydrogen (secondary N) is 1. The molecule has 0 bridgehead atoms. The Bertz CT molecular complexity index is 1150. The van der Waals surface area contributed by atoms with Gasteiger partial charge in [-0.1, -0.05) is 17.7 Å². The minimum Gasteiger partial charge on any atom is -0.436 e. The van der Waals surface area contributed by atoms with Crippen LogP contribution in [0.1, 0.15) is 15.9 Å². The molecule has 0 saturated carbocycles. The summed E-state index contributed by atoms with van der Waals surface area (Å²) in [6.07, 6.45) is 0. The number of nitrogens with zero attached hydrogens (tertiary/aromatic N) is 1. The van der Waals surface area contributed by atoms with Gasteiger partial charge in [-0.05, 0) is 89.7 Å². The van der Waals surface area contributed by atoms with Crippen LogP contribution in [0.3, 0.4) is 0 Å². The van der Waals surface area contributed by atoms with Gasteiger partial charge in [-0.3, -0.25) is 4.79 Å². The van der Waals surface area contributed by atoms with Crippen LogP contribution < -0.4 is 5.32 Å². The molecule has 1 amide bonds. The zero-order chi connectivity index (χ0) is 19.0. The Kier molecular flexibility index (Phi) is 4.88. The van der Waals surface area contributed by atoms with E-state index in [9.17, 15) is 4.79 Å². The molecule has 4 nitrogen and oxygen atoms in total. The van der Waals surface area contributed by atoms with Crippen molar-refractivity contribution in [1.82, 2.24) is 4.98 Å². The molecule has 134 valence electrons. The fourth-order valence-corrected chi connectivity index (χ4v) is 3.24. The molecule has 0 unspecified atom stereocenters. The molecule has 4 rings (SSSR count). The van der Waals surface area contributed by atoms with Gasteiger partial charge in [0.05, 0.1) is 0 Å². The summed E-state index contributed by atoms with van der Waals surface area (Å²) in [5.74, 6) is 0.327. The lowest BCUT2D eigenvalue weighted by Gasteiger charge is -2.10. The normalized spacial score (nSPS) is 10.9. The fraction of sp³-hybridized carbons (Fsp3) is 0.0476. The van der Waals surface area contributed by atoms with E-state index in [-0.39, 0.29) is 5.91 Å². The molecule has 1 heterocycles. The van der Waals surface area contributed by atoms with Gasteiger partial charge in [-0.25, -0.2) is 4.98 Å². The zero-order valence-electron chi connectivity index (χ0n) is 14.3. The third-order valence-corrected chi connectivity index (χ3v) is 5.14. The van der Waals surface area contributed by atoms with Crippen molar-refractivity contribution in [2.24, 2.45) is 0 Å². The molecule has 0 spiro atoms. The van der Waals surface area contributed by atoms with Crippen molar-refractivity contribution in [3.05, 3.63) is 80.4 Å². The largest absolute Gasteiger partial charge is 0.436 e. The lowest BCUT2D eigenvalue weighted by Crippen LogP contribution is -2.12. The van der Waals surface area contributed by atoms with E-state index in [0.29, 0.717) is 27.6 Å². The fourth-order valence-electron chi connectivity index (χ4n) is 2.71. The average Bonchev–Trinajstić information content (AvgIpc) is 3.07. The highest BCUT2D eigenvalue weighted by molar-refractivity contribution is 14.1. The summed E-state index contributed by atoms with van der Waals surface area (Å²) in [6, 6.07) is 18.5. The standard InChI is InChI=1S/C21H14ClIN2O2/c1-12-2-3-14(21-25-18-11-15(22)6-9-19(18)27-21)10-17(12)24-20(26)13-4-7-16(23)8-5-13/h2-11H,1H3,(H,24,26). The van der Waals surface area contributed by atoms with Crippen molar-refractivity contribution in [1.29, 1.82) is 0 Å². The summed E-state index contributed by atoms with van der Waals surface area (Å²) in [7, 11) is 0. The number of amides is 1. The second-order valence-electron chi connectivity index (χ2n) is 6.12. The van der Waals surface area contributed by atoms with E-state index in [2.05, 4.69) is 32.9 Å². The second-order valence-corrected chi connectivity index (χ2v) is 7.80. The number of anilines is 1. The van der Waals surface area contributed by atoms with Gasteiger partial charge >= 0.3 is 0 Å². The molecule has 1 aromatic heterocycles. The molecular formula is C21H14ClIN2O2. The first-order chi connectivity index (χ1) is 13.0. The van der Waals surface area contributed by atoms with Crippen LogP contribution in [0.4, 0.5) is 5.69 Å². The second kappa shape index (κ2) is 7.32. The number of carbonyl (C=O) groups excluding carboxylic acids is 1. The first-order valence-corrected chi connectivity index (χ1v) is 9.69. The maximum Gasteiger partial charge on any atom is 0.255 e. The average molecular weight is 489 g/mol. The van der Waals surface area contributed by atoms with E-state index in [4.69, 9.17) is 16.0 Å². The molecule has 0 saturated heterocycles. The molecule has 0 radical (unpaired) electrons. The molecule has 0 aliphatic heterocycles. The number of halogens is 2. The van der Waals surface area contributed by atoms with Crippen LogP contribution in [0.25, 0.3) is 22.6 Å². The maximum atomic E-state index is 12.5. The molecular weight excluding hydrogens is 475 g/mol. The highest BCUT2D eigenvalue weighted by Crippen LogP contribution is 2.29. The summed E-state index contributed by atoms with van der Waals surface area (Å²) in [4.78, 5) is 17.0. The molecule has 6 heteroatoms. The van der Waals surface area contributed by atoms with Gasteiger partial charge in [0.15, 0.2) is 5.58 Å². The third kappa shape index (κ3) is 3.84. The minimum absolute atomic E-state index is 0.156. The van der Waals surface area contributed by atoms with Crippen LogP contribution in [-0.4, -0.2) is 10.9 Å². The van der Waals surface area contributed by atoms with Crippen molar-refractivity contribution in [2.45, 2.75) is 6.92 Å². The molecule has 27 heavy (non-hydrogen) atoms. The quantitative estimate of drug-likeness (QED) is 0.344. The third-order valence-electron chi connectivity index (χ3n) is 4.19. The van der Waals surface area contributed by atoms with E-state index in [1.807, 2.05) is 37.3 Å². The van der Waals surface area contributed by atoms with Crippen LogP contribution >= 0.6 is 34.2 Å². The Labute approximate surface area is 174 Å². The Morgan fingerprint density at radius 3 is 2.63 bits per heavy atom. The highest BCUT2D eigenvalue weighted by atomic mass is 127. The SMILES string of the molecule is Cc1ccc(-c2nc3cc(Cl)ccc3o2)cc1NC(=O)c1ccc(I)cc1. The highest BCUT2D eigenvalue weighted by Gasteiger charge is 2.12. The summed E-state index contributed by atoms with van der Waals surface area (Å²) in [6.45, 7) is 1.94. The van der Waals surface area contributed by atoms with Gasteiger partial charge in [-0.15, -0.1) is 0 Å². The predicted molar refractivity (Wildman–Crippen MR) is 116 cm³/mol. The zero-order valence-corrected chi connectivity index (χ0v) is 17.2. The van der Waals surface area contributed by atoms with E-state index < -0.39 is 0 Å². The van der Waals surface area contributed by atoms with E-state index in [0.717, 1.165) is 20.4 Å². The summed E-state index contributed by atoms with van der Waals surface area (Å²) in [5.41, 5.74) is 4.43. The van der Waals surface area contributed by atoms with Crippen LogP contribution in [-0.2, 0) is 0 Å². The van der Waals surface area contributed by atoms with Gasteiger partial charge in [0, 0.05) is 25.4 Å². The lowest BCUT2D eigenvalue weighted by molar-refractivity contribution is 0.102. The molecule has 0 aliphatic carbocycles. The maximum absolute atomic E-state index is 12.5. The van der Waals surface area contributed by atoms with E-state index >= 15 is 0 Å². The van der Waals surface area contributed by atoms with Gasteiger partial charge in [0.1, 0.15) is 5.52 Å². The number of aromatic nitrogens is 1. The topological polar surface area (TPSA) is 55.1 Å².